The molecule has 0 saturated heterocycles. The Hall–Kier alpha value is -1.96. The van der Waals surface area contributed by atoms with E-state index in [1.807, 2.05) is 12.1 Å². The van der Waals surface area contributed by atoms with E-state index in [0.717, 1.165) is 25.7 Å². The van der Waals surface area contributed by atoms with Crippen molar-refractivity contribution in [3.05, 3.63) is 51.7 Å². The van der Waals surface area contributed by atoms with Crippen molar-refractivity contribution >= 4 is 17.3 Å². The molecule has 4 atom stereocenters. The summed E-state index contributed by atoms with van der Waals surface area (Å²) in [7, 11) is 0. The van der Waals surface area contributed by atoms with Gasteiger partial charge >= 0.3 is 0 Å². The second-order valence-corrected chi connectivity index (χ2v) is 10.2. The molecular formula is C25H38ClN5O2. The Bertz CT molecular complexity index is 950. The van der Waals surface area contributed by atoms with E-state index in [1.54, 1.807) is 18.6 Å². The number of halogens is 1. The summed E-state index contributed by atoms with van der Waals surface area (Å²) < 4.78 is 1.39. The maximum atomic E-state index is 12.7. The molecule has 0 bridgehead atoms. The minimum atomic E-state index is -0.326. The smallest absolute Gasteiger partial charge is 0.287 e. The summed E-state index contributed by atoms with van der Waals surface area (Å²) >= 11 is 6.38. The Balaban J connectivity index is 1.57. The van der Waals surface area contributed by atoms with Crippen molar-refractivity contribution in [1.82, 2.24) is 20.1 Å². The molecule has 3 rings (SSSR count). The summed E-state index contributed by atoms with van der Waals surface area (Å²) in [6.45, 7) is 12.3. The second-order valence-electron chi connectivity index (χ2n) is 9.87. The van der Waals surface area contributed by atoms with Crippen molar-refractivity contribution in [1.29, 1.82) is 0 Å². The zero-order valence-electron chi connectivity index (χ0n) is 20.5. The van der Waals surface area contributed by atoms with Gasteiger partial charge in [-0.25, -0.2) is 4.68 Å². The fourth-order valence-electron chi connectivity index (χ4n) is 5.12. The third kappa shape index (κ3) is 6.34. The van der Waals surface area contributed by atoms with E-state index >= 15 is 0 Å². The van der Waals surface area contributed by atoms with Crippen LogP contribution in [-0.2, 0) is 11.4 Å². The van der Waals surface area contributed by atoms with Crippen molar-refractivity contribution < 1.29 is 4.84 Å². The maximum Gasteiger partial charge on any atom is 0.287 e. The van der Waals surface area contributed by atoms with Gasteiger partial charge < -0.3 is 5.32 Å². The van der Waals surface area contributed by atoms with Crippen LogP contribution < -0.4 is 16.4 Å². The average molecular weight is 476 g/mol. The highest BCUT2D eigenvalue weighted by atomic mass is 35.5. The van der Waals surface area contributed by atoms with Crippen molar-refractivity contribution in [2.45, 2.75) is 79.0 Å². The number of anilines is 1. The van der Waals surface area contributed by atoms with Gasteiger partial charge in [0, 0.05) is 25.0 Å². The lowest BCUT2D eigenvalue weighted by Crippen LogP contribution is -2.41. The van der Waals surface area contributed by atoms with Crippen LogP contribution in [0.3, 0.4) is 0 Å². The standard InChI is InChI=1S/C25H38ClN5O2/c1-6-19-14-22(17(3)15-25(19,4)5)33-30-21-16-29-31(24(32)23(21)26)13-12-28-20(7-2)18-8-10-27-11-9-18/h8-11,16-17,19-20,22,28,30H,6-7,12-15H2,1-5H3/t17-,19+,20?,22-/m1/s1. The van der Waals surface area contributed by atoms with Gasteiger partial charge in [-0.3, -0.25) is 20.1 Å². The van der Waals surface area contributed by atoms with Gasteiger partial charge in [0.05, 0.1) is 18.8 Å². The molecule has 2 aromatic heterocycles. The van der Waals surface area contributed by atoms with Gasteiger partial charge in [0.15, 0.2) is 0 Å². The minimum absolute atomic E-state index is 0.0739. The molecule has 7 nitrogen and oxygen atoms in total. The predicted molar refractivity (Wildman–Crippen MR) is 133 cm³/mol. The third-order valence-corrected chi connectivity index (χ3v) is 7.50. The third-order valence-electron chi connectivity index (χ3n) is 7.13. The highest BCUT2D eigenvalue weighted by molar-refractivity contribution is 6.32. The quantitative estimate of drug-likeness (QED) is 0.458. The first-order chi connectivity index (χ1) is 15.8. The largest absolute Gasteiger partial charge is 0.308 e. The molecule has 8 heteroatoms. The van der Waals surface area contributed by atoms with Gasteiger partial charge in [0.25, 0.3) is 5.56 Å². The van der Waals surface area contributed by atoms with E-state index in [1.165, 1.54) is 10.2 Å². The first-order valence-electron chi connectivity index (χ1n) is 12.1. The van der Waals surface area contributed by atoms with Gasteiger partial charge in [-0.1, -0.05) is 52.6 Å². The van der Waals surface area contributed by atoms with Crippen LogP contribution in [0, 0.1) is 17.3 Å². The molecule has 0 radical (unpaired) electrons. The Kier molecular flexibility index (Phi) is 8.90. The molecule has 1 aliphatic rings. The highest BCUT2D eigenvalue weighted by Gasteiger charge is 2.40. The molecule has 2 N–H and O–H groups in total. The van der Waals surface area contributed by atoms with Crippen molar-refractivity contribution in [3.8, 4) is 0 Å². The van der Waals surface area contributed by atoms with E-state index in [4.69, 9.17) is 16.4 Å². The Labute approximate surface area is 202 Å². The van der Waals surface area contributed by atoms with E-state index in [9.17, 15) is 4.79 Å². The van der Waals surface area contributed by atoms with Gasteiger partial charge in [0.2, 0.25) is 0 Å². The molecular weight excluding hydrogens is 438 g/mol. The number of nitrogens with one attached hydrogen (secondary N) is 2. The van der Waals surface area contributed by atoms with Gasteiger partial charge in [-0.05, 0) is 54.2 Å². The Morgan fingerprint density at radius 3 is 2.70 bits per heavy atom. The molecule has 1 aliphatic carbocycles. The van der Waals surface area contributed by atoms with Gasteiger partial charge in [-0.15, -0.1) is 0 Å². The molecule has 1 unspecified atom stereocenters. The molecule has 2 aromatic rings. The fourth-order valence-corrected chi connectivity index (χ4v) is 5.30. The SMILES string of the molecule is CCC(NCCn1ncc(NO[C@@H]2C[C@H](CC)C(C)(C)C[C@H]2C)c(Cl)c1=O)c1ccncc1. The second kappa shape index (κ2) is 11.4. The van der Waals surface area contributed by atoms with Crippen molar-refractivity contribution in [2.75, 3.05) is 12.0 Å². The molecule has 0 amide bonds. The average Bonchev–Trinajstić information content (AvgIpc) is 2.80. The van der Waals surface area contributed by atoms with E-state index in [2.05, 4.69) is 55.5 Å². The Morgan fingerprint density at radius 1 is 1.30 bits per heavy atom. The van der Waals surface area contributed by atoms with Crippen LogP contribution >= 0.6 is 11.6 Å². The van der Waals surface area contributed by atoms with Crippen LogP contribution in [0.1, 0.15) is 71.9 Å². The Morgan fingerprint density at radius 2 is 2.03 bits per heavy atom. The number of rotatable bonds is 10. The number of hydrogen-bond donors (Lipinski definition) is 2. The van der Waals surface area contributed by atoms with Crippen LogP contribution in [0.25, 0.3) is 0 Å². The fraction of sp³-hybridized carbons (Fsp3) is 0.640. The molecule has 33 heavy (non-hydrogen) atoms. The number of aromatic nitrogens is 3. The van der Waals surface area contributed by atoms with Crippen LogP contribution in [0.4, 0.5) is 5.69 Å². The van der Waals surface area contributed by atoms with E-state index in [0.29, 0.717) is 36.0 Å². The molecule has 0 spiro atoms. The lowest BCUT2D eigenvalue weighted by atomic mass is 9.63. The summed E-state index contributed by atoms with van der Waals surface area (Å²) in [5, 5.41) is 7.87. The molecule has 182 valence electrons. The van der Waals surface area contributed by atoms with Crippen LogP contribution in [0.2, 0.25) is 5.02 Å². The summed E-state index contributed by atoms with van der Waals surface area (Å²) in [5.74, 6) is 1.02. The molecule has 2 heterocycles. The molecule has 0 aromatic carbocycles. The molecule has 1 fully saturated rings. The van der Waals surface area contributed by atoms with Crippen molar-refractivity contribution in [3.63, 3.8) is 0 Å². The summed E-state index contributed by atoms with van der Waals surface area (Å²) in [6.07, 6.45) is 9.38. The summed E-state index contributed by atoms with van der Waals surface area (Å²) in [4.78, 5) is 22.8. The zero-order valence-corrected chi connectivity index (χ0v) is 21.2. The molecule has 0 aliphatic heterocycles. The van der Waals surface area contributed by atoms with Gasteiger partial charge in [0.1, 0.15) is 10.7 Å². The van der Waals surface area contributed by atoms with Crippen LogP contribution in [0.15, 0.2) is 35.5 Å². The number of nitrogens with zero attached hydrogens (tertiary/aromatic N) is 3. The van der Waals surface area contributed by atoms with E-state index in [-0.39, 0.29) is 22.7 Å². The highest BCUT2D eigenvalue weighted by Crippen LogP contribution is 2.45. The lowest BCUT2D eigenvalue weighted by Gasteiger charge is -2.45. The number of hydrogen-bond acceptors (Lipinski definition) is 6. The summed E-state index contributed by atoms with van der Waals surface area (Å²) in [5.41, 5.74) is 4.51. The first-order valence-corrected chi connectivity index (χ1v) is 12.4. The lowest BCUT2D eigenvalue weighted by molar-refractivity contribution is -0.0406. The zero-order chi connectivity index (χ0) is 24.0. The van der Waals surface area contributed by atoms with Crippen molar-refractivity contribution in [2.24, 2.45) is 17.3 Å². The normalized spacial score (nSPS) is 23.3. The minimum Gasteiger partial charge on any atom is -0.308 e. The predicted octanol–water partition coefficient (Wildman–Crippen LogP) is 5.23. The van der Waals surface area contributed by atoms with Crippen LogP contribution in [0.5, 0.6) is 0 Å². The maximum absolute atomic E-state index is 12.7. The number of pyridine rings is 1. The first kappa shape index (κ1) is 25.7. The monoisotopic (exact) mass is 475 g/mol. The van der Waals surface area contributed by atoms with Crippen LogP contribution in [-0.4, -0.2) is 27.4 Å². The topological polar surface area (TPSA) is 81.1 Å². The molecule has 1 saturated carbocycles. The summed E-state index contributed by atoms with van der Waals surface area (Å²) in [6, 6.07) is 4.20. The van der Waals surface area contributed by atoms with E-state index < -0.39 is 0 Å². The van der Waals surface area contributed by atoms with Gasteiger partial charge in [-0.2, -0.15) is 5.10 Å².